The Morgan fingerprint density at radius 2 is 2.29 bits per heavy atom. The molecule has 4 nitrogen and oxygen atoms in total. The summed E-state index contributed by atoms with van der Waals surface area (Å²) in [7, 11) is 0. The number of fused-ring (bicyclic) bond motifs is 1. The van der Waals surface area contributed by atoms with Crippen molar-refractivity contribution >= 4 is 23.2 Å². The number of halogens is 1. The number of nitrogens with one attached hydrogen (secondary N) is 1. The van der Waals surface area contributed by atoms with Crippen LogP contribution < -0.4 is 11.1 Å². The molecule has 14 heavy (non-hydrogen) atoms. The van der Waals surface area contributed by atoms with Crippen LogP contribution >= 0.6 is 11.6 Å². The first-order chi connectivity index (χ1) is 6.58. The van der Waals surface area contributed by atoms with Crippen molar-refractivity contribution in [2.75, 3.05) is 5.32 Å². The van der Waals surface area contributed by atoms with E-state index in [1.54, 1.807) is 18.2 Å². The normalized spacial score (nSPS) is 23.9. The Hall–Kier alpha value is -1.57. The van der Waals surface area contributed by atoms with Crippen molar-refractivity contribution in [3.05, 3.63) is 28.8 Å². The predicted molar refractivity (Wildman–Crippen MR) is 51.6 cm³/mol. The minimum absolute atomic E-state index is 0.428. The number of carbonyl (C=O) groups is 1. The highest BCUT2D eigenvalue weighted by Gasteiger charge is 2.44. The fraction of sp³-hybridized carbons (Fsp3) is 0.111. The largest absolute Gasteiger partial charge is 0.323 e. The summed E-state index contributed by atoms with van der Waals surface area (Å²) in [6.45, 7) is 0. The molecule has 1 aliphatic rings. The topological polar surface area (TPSA) is 78.9 Å². The van der Waals surface area contributed by atoms with E-state index in [4.69, 9.17) is 22.6 Å². The van der Waals surface area contributed by atoms with Crippen LogP contribution in [-0.2, 0) is 10.3 Å². The third-order valence-corrected chi connectivity index (χ3v) is 2.42. The lowest BCUT2D eigenvalue weighted by Crippen LogP contribution is -2.41. The molecule has 1 amide bonds. The molecule has 70 valence electrons. The van der Waals surface area contributed by atoms with Gasteiger partial charge in [-0.3, -0.25) is 4.79 Å². The van der Waals surface area contributed by atoms with Crippen LogP contribution in [0, 0.1) is 11.3 Å². The van der Waals surface area contributed by atoms with E-state index in [-0.39, 0.29) is 0 Å². The monoisotopic (exact) mass is 207 g/mol. The second kappa shape index (κ2) is 2.71. The van der Waals surface area contributed by atoms with Gasteiger partial charge in [-0.1, -0.05) is 11.6 Å². The van der Waals surface area contributed by atoms with Crippen LogP contribution in [0.3, 0.4) is 0 Å². The van der Waals surface area contributed by atoms with E-state index >= 15 is 0 Å². The van der Waals surface area contributed by atoms with E-state index in [9.17, 15) is 4.79 Å². The van der Waals surface area contributed by atoms with Crippen molar-refractivity contribution in [1.29, 1.82) is 5.26 Å². The van der Waals surface area contributed by atoms with Gasteiger partial charge in [-0.2, -0.15) is 5.26 Å². The van der Waals surface area contributed by atoms with Crippen molar-refractivity contribution in [3.63, 3.8) is 0 Å². The zero-order chi connectivity index (χ0) is 10.3. The van der Waals surface area contributed by atoms with Gasteiger partial charge in [0.1, 0.15) is 0 Å². The van der Waals surface area contributed by atoms with Crippen LogP contribution in [0.15, 0.2) is 18.2 Å². The molecule has 3 N–H and O–H groups in total. The van der Waals surface area contributed by atoms with Crippen LogP contribution in [0.1, 0.15) is 5.56 Å². The molecule has 1 atom stereocenters. The molecule has 1 aromatic carbocycles. The molecule has 2 rings (SSSR count). The summed E-state index contributed by atoms with van der Waals surface area (Å²) in [6, 6.07) is 6.56. The number of hydrogen-bond donors (Lipinski definition) is 2. The first-order valence-electron chi connectivity index (χ1n) is 3.89. The molecule has 0 aromatic heterocycles. The first kappa shape index (κ1) is 9.00. The van der Waals surface area contributed by atoms with Gasteiger partial charge in [-0.05, 0) is 18.2 Å². The Balaban J connectivity index is 2.69. The number of anilines is 1. The Labute approximate surface area is 85.3 Å². The van der Waals surface area contributed by atoms with Gasteiger partial charge >= 0.3 is 0 Å². The number of amides is 1. The minimum Gasteiger partial charge on any atom is -0.323 e. The lowest BCUT2D eigenvalue weighted by Gasteiger charge is -2.11. The zero-order valence-corrected chi connectivity index (χ0v) is 7.80. The molecule has 1 unspecified atom stereocenters. The molecule has 0 fully saturated rings. The molecule has 1 aromatic rings. The molecule has 5 heteroatoms. The third kappa shape index (κ3) is 1.00. The van der Waals surface area contributed by atoms with Gasteiger partial charge in [0, 0.05) is 16.3 Å². The van der Waals surface area contributed by atoms with Crippen molar-refractivity contribution in [3.8, 4) is 6.07 Å². The maximum atomic E-state index is 11.4. The summed E-state index contributed by atoms with van der Waals surface area (Å²) in [5, 5.41) is 11.8. The van der Waals surface area contributed by atoms with Gasteiger partial charge in [-0.25, -0.2) is 0 Å². The molecular weight excluding hydrogens is 202 g/mol. The van der Waals surface area contributed by atoms with Crippen LogP contribution in [0.4, 0.5) is 5.69 Å². The van der Waals surface area contributed by atoms with Crippen LogP contribution in [0.25, 0.3) is 0 Å². The van der Waals surface area contributed by atoms with Crippen LogP contribution in [0.2, 0.25) is 5.02 Å². The van der Waals surface area contributed by atoms with Gasteiger partial charge in [0.2, 0.25) is 5.54 Å². The second-order valence-electron chi connectivity index (χ2n) is 3.06. The number of nitriles is 1. The lowest BCUT2D eigenvalue weighted by molar-refractivity contribution is -0.118. The minimum atomic E-state index is -1.61. The SMILES string of the molecule is N#CC1(N)C(=O)Nc2ccc(Cl)cc21. The Morgan fingerprint density at radius 1 is 1.57 bits per heavy atom. The van der Waals surface area contributed by atoms with Crippen molar-refractivity contribution in [2.45, 2.75) is 5.54 Å². The number of nitrogens with zero attached hydrogens (tertiary/aromatic N) is 1. The first-order valence-corrected chi connectivity index (χ1v) is 4.27. The predicted octanol–water partition coefficient (Wildman–Crippen LogP) is 0.970. The summed E-state index contributed by atoms with van der Waals surface area (Å²) in [4.78, 5) is 11.4. The molecule has 0 aliphatic carbocycles. The zero-order valence-electron chi connectivity index (χ0n) is 7.04. The lowest BCUT2D eigenvalue weighted by atomic mass is 9.94. The molecular formula is C9H6ClN3O. The fourth-order valence-corrected chi connectivity index (χ4v) is 1.58. The number of hydrogen-bond acceptors (Lipinski definition) is 3. The van der Waals surface area contributed by atoms with Crippen LogP contribution in [0.5, 0.6) is 0 Å². The van der Waals surface area contributed by atoms with E-state index in [1.807, 2.05) is 0 Å². The maximum absolute atomic E-state index is 11.4. The molecule has 1 heterocycles. The summed E-state index contributed by atoms with van der Waals surface area (Å²) in [6.07, 6.45) is 0. The summed E-state index contributed by atoms with van der Waals surface area (Å²) < 4.78 is 0. The van der Waals surface area contributed by atoms with Crippen molar-refractivity contribution < 1.29 is 4.79 Å². The maximum Gasteiger partial charge on any atom is 0.264 e. The summed E-state index contributed by atoms with van der Waals surface area (Å²) >= 11 is 5.75. The fourth-order valence-electron chi connectivity index (χ4n) is 1.41. The van der Waals surface area contributed by atoms with Gasteiger partial charge in [0.05, 0.1) is 6.07 Å². The van der Waals surface area contributed by atoms with Crippen molar-refractivity contribution in [1.82, 2.24) is 0 Å². The van der Waals surface area contributed by atoms with E-state index in [0.29, 0.717) is 16.3 Å². The standard InChI is InChI=1S/C9H6ClN3O/c10-5-1-2-7-6(3-5)9(12,4-11)8(14)13-7/h1-3H,12H2,(H,13,14). The summed E-state index contributed by atoms with van der Waals surface area (Å²) in [5.74, 6) is -0.516. The molecule has 0 saturated carbocycles. The van der Waals surface area contributed by atoms with Crippen LogP contribution in [-0.4, -0.2) is 5.91 Å². The van der Waals surface area contributed by atoms with E-state index in [0.717, 1.165) is 0 Å². The molecule has 0 bridgehead atoms. The smallest absolute Gasteiger partial charge is 0.264 e. The highest BCUT2D eigenvalue weighted by molar-refractivity contribution is 6.31. The Morgan fingerprint density at radius 3 is 2.93 bits per heavy atom. The van der Waals surface area contributed by atoms with Gasteiger partial charge in [0.25, 0.3) is 5.91 Å². The molecule has 0 spiro atoms. The van der Waals surface area contributed by atoms with Gasteiger partial charge < -0.3 is 11.1 Å². The average Bonchev–Trinajstić information content (AvgIpc) is 2.41. The number of carbonyl (C=O) groups excluding carboxylic acids is 1. The Kier molecular flexibility index (Phi) is 1.74. The third-order valence-electron chi connectivity index (χ3n) is 2.19. The summed E-state index contributed by atoms with van der Waals surface area (Å²) in [5.41, 5.74) is 5.01. The number of benzene rings is 1. The highest BCUT2D eigenvalue weighted by Crippen LogP contribution is 2.35. The highest BCUT2D eigenvalue weighted by atomic mass is 35.5. The molecule has 1 aliphatic heterocycles. The van der Waals surface area contributed by atoms with E-state index < -0.39 is 11.4 Å². The van der Waals surface area contributed by atoms with E-state index in [2.05, 4.69) is 5.32 Å². The van der Waals surface area contributed by atoms with Gasteiger partial charge in [0.15, 0.2) is 0 Å². The van der Waals surface area contributed by atoms with Crippen molar-refractivity contribution in [2.24, 2.45) is 5.73 Å². The molecule has 0 radical (unpaired) electrons. The quantitative estimate of drug-likeness (QED) is 0.665. The number of rotatable bonds is 0. The molecule has 0 saturated heterocycles. The average molecular weight is 208 g/mol. The second-order valence-corrected chi connectivity index (χ2v) is 3.50. The van der Waals surface area contributed by atoms with E-state index in [1.165, 1.54) is 6.07 Å². The van der Waals surface area contributed by atoms with Gasteiger partial charge in [-0.15, -0.1) is 0 Å². The number of nitrogens with two attached hydrogens (primary N) is 1. The Bertz CT molecular complexity index is 466.